The molecule has 0 aliphatic carbocycles. The summed E-state index contributed by atoms with van der Waals surface area (Å²) in [6.45, 7) is 6.35. The van der Waals surface area contributed by atoms with Gasteiger partial charge in [-0.05, 0) is 26.0 Å². The van der Waals surface area contributed by atoms with Crippen molar-refractivity contribution in [3.05, 3.63) is 22.2 Å². The Hall–Kier alpha value is -0.670. The van der Waals surface area contributed by atoms with Gasteiger partial charge in [0.25, 0.3) is 0 Å². The summed E-state index contributed by atoms with van der Waals surface area (Å²) in [6, 6.07) is 0. The van der Waals surface area contributed by atoms with Crippen LogP contribution in [0.15, 0.2) is 17.2 Å². The van der Waals surface area contributed by atoms with Crippen molar-refractivity contribution in [2.45, 2.75) is 20.3 Å². The van der Waals surface area contributed by atoms with Gasteiger partial charge in [0, 0.05) is 18.1 Å². The minimum absolute atomic E-state index is 0.966. The van der Waals surface area contributed by atoms with E-state index in [0.29, 0.717) is 0 Å². The molecule has 1 heterocycles. The van der Waals surface area contributed by atoms with Gasteiger partial charge in [-0.1, -0.05) is 12.5 Å². The molecule has 0 radical (unpaired) electrons. The van der Waals surface area contributed by atoms with Gasteiger partial charge in [-0.3, -0.25) is 0 Å². The summed E-state index contributed by atoms with van der Waals surface area (Å²) in [7, 11) is 0. The summed E-state index contributed by atoms with van der Waals surface area (Å²) in [6.07, 6.45) is 5.15. The van der Waals surface area contributed by atoms with Crippen LogP contribution in [-0.2, 0) is 0 Å². The van der Waals surface area contributed by atoms with Crippen molar-refractivity contribution in [3.8, 4) is 0 Å². The van der Waals surface area contributed by atoms with Gasteiger partial charge in [-0.25, -0.2) is 4.98 Å². The summed E-state index contributed by atoms with van der Waals surface area (Å²) in [5.41, 5.74) is 1.34. The topological polar surface area (TPSA) is 24.9 Å². The normalized spacial score (nSPS) is 12.0. The molecule has 2 nitrogen and oxygen atoms in total. The highest BCUT2D eigenvalue weighted by Crippen LogP contribution is 2.08. The number of hydrogen-bond donors (Lipinski definition) is 1. The first kappa shape index (κ1) is 10.4. The van der Waals surface area contributed by atoms with Gasteiger partial charge >= 0.3 is 0 Å². The fourth-order valence-electron chi connectivity index (χ4n) is 1.03. The van der Waals surface area contributed by atoms with Gasteiger partial charge in [0.05, 0.1) is 0 Å². The second-order valence-electron chi connectivity index (χ2n) is 3.04. The average Bonchev–Trinajstić information content (AvgIpc) is 2.57. The Morgan fingerprint density at radius 1 is 1.69 bits per heavy atom. The molecule has 72 valence electrons. The highest BCUT2D eigenvalue weighted by Gasteiger charge is 1.92. The van der Waals surface area contributed by atoms with Crippen LogP contribution in [0.3, 0.4) is 0 Å². The summed E-state index contributed by atoms with van der Waals surface area (Å²) in [5, 5.41) is 6.45. The number of nitrogens with one attached hydrogen (secondary N) is 1. The maximum atomic E-state index is 4.20. The Morgan fingerprint density at radius 2 is 2.54 bits per heavy atom. The largest absolute Gasteiger partial charge is 0.313 e. The van der Waals surface area contributed by atoms with Crippen molar-refractivity contribution in [3.63, 3.8) is 0 Å². The van der Waals surface area contributed by atoms with E-state index in [1.54, 1.807) is 11.3 Å². The van der Waals surface area contributed by atoms with Gasteiger partial charge in [0.15, 0.2) is 0 Å². The van der Waals surface area contributed by atoms with Crippen molar-refractivity contribution >= 4 is 17.4 Å². The van der Waals surface area contributed by atoms with Crippen LogP contribution in [0.5, 0.6) is 0 Å². The van der Waals surface area contributed by atoms with E-state index in [9.17, 15) is 0 Å². The first-order valence-electron chi connectivity index (χ1n) is 4.60. The van der Waals surface area contributed by atoms with Crippen LogP contribution in [0.2, 0.25) is 0 Å². The zero-order chi connectivity index (χ0) is 9.52. The van der Waals surface area contributed by atoms with E-state index >= 15 is 0 Å². The number of thiazole rings is 1. The number of hydrogen-bond acceptors (Lipinski definition) is 3. The molecule has 0 fully saturated rings. The standard InChI is InChI=1S/C10H16N2S/c1-3-4-11-8-9(2)7-10-12-5-6-13-10/h5-7,11H,3-4,8H2,1-2H3/b9-7+. The predicted octanol–water partition coefficient (Wildman–Crippen LogP) is 2.55. The van der Waals surface area contributed by atoms with Crippen LogP contribution < -0.4 is 5.32 Å². The van der Waals surface area contributed by atoms with E-state index in [-0.39, 0.29) is 0 Å². The first-order chi connectivity index (χ1) is 6.33. The molecule has 0 saturated carbocycles. The molecule has 0 aromatic carbocycles. The van der Waals surface area contributed by atoms with Gasteiger partial charge in [0.1, 0.15) is 5.01 Å². The third-order valence-corrected chi connectivity index (χ3v) is 2.37. The molecular weight excluding hydrogens is 180 g/mol. The second kappa shape index (κ2) is 5.89. The van der Waals surface area contributed by atoms with E-state index in [1.165, 1.54) is 12.0 Å². The van der Waals surface area contributed by atoms with E-state index in [1.807, 2.05) is 11.6 Å². The SMILES string of the molecule is CCCNC/C(C)=C/c1nccs1. The molecule has 1 aromatic heterocycles. The Balaban J connectivity index is 2.34. The highest BCUT2D eigenvalue weighted by molar-refractivity contribution is 7.10. The third kappa shape index (κ3) is 4.20. The molecule has 3 heteroatoms. The molecule has 13 heavy (non-hydrogen) atoms. The minimum atomic E-state index is 0.966. The van der Waals surface area contributed by atoms with E-state index in [2.05, 4.69) is 30.2 Å². The van der Waals surface area contributed by atoms with Crippen molar-refractivity contribution in [1.29, 1.82) is 0 Å². The van der Waals surface area contributed by atoms with E-state index < -0.39 is 0 Å². The van der Waals surface area contributed by atoms with Crippen LogP contribution in [0.1, 0.15) is 25.3 Å². The van der Waals surface area contributed by atoms with Gasteiger partial charge in [-0.15, -0.1) is 11.3 Å². The molecule has 0 aliphatic rings. The van der Waals surface area contributed by atoms with Crippen molar-refractivity contribution < 1.29 is 0 Å². The molecular formula is C10H16N2S. The maximum Gasteiger partial charge on any atom is 0.115 e. The molecule has 0 saturated heterocycles. The fraction of sp³-hybridized carbons (Fsp3) is 0.500. The minimum Gasteiger partial charge on any atom is -0.313 e. The van der Waals surface area contributed by atoms with Crippen LogP contribution in [0.4, 0.5) is 0 Å². The number of nitrogens with zero attached hydrogens (tertiary/aromatic N) is 1. The lowest BCUT2D eigenvalue weighted by Crippen LogP contribution is -2.16. The lowest BCUT2D eigenvalue weighted by Gasteiger charge is -2.01. The molecule has 0 aliphatic heterocycles. The third-order valence-electron chi connectivity index (χ3n) is 1.65. The first-order valence-corrected chi connectivity index (χ1v) is 5.48. The molecule has 0 spiro atoms. The number of aromatic nitrogens is 1. The molecule has 0 atom stereocenters. The predicted molar refractivity (Wildman–Crippen MR) is 58.9 cm³/mol. The molecule has 0 unspecified atom stereocenters. The zero-order valence-electron chi connectivity index (χ0n) is 8.21. The van der Waals surface area contributed by atoms with E-state index in [0.717, 1.165) is 18.1 Å². The molecule has 0 amide bonds. The van der Waals surface area contributed by atoms with Crippen molar-refractivity contribution in [1.82, 2.24) is 10.3 Å². The smallest absolute Gasteiger partial charge is 0.115 e. The van der Waals surface area contributed by atoms with E-state index in [4.69, 9.17) is 0 Å². The van der Waals surface area contributed by atoms with Crippen LogP contribution >= 0.6 is 11.3 Å². The van der Waals surface area contributed by atoms with Gasteiger partial charge < -0.3 is 5.32 Å². The second-order valence-corrected chi connectivity index (χ2v) is 3.96. The maximum absolute atomic E-state index is 4.20. The Bertz CT molecular complexity index is 252. The summed E-state index contributed by atoms with van der Waals surface area (Å²) < 4.78 is 0. The molecule has 0 bridgehead atoms. The van der Waals surface area contributed by atoms with Gasteiger partial charge in [0.2, 0.25) is 0 Å². The average molecular weight is 196 g/mol. The molecule has 1 rings (SSSR count). The van der Waals surface area contributed by atoms with Crippen LogP contribution in [0.25, 0.3) is 6.08 Å². The lowest BCUT2D eigenvalue weighted by molar-refractivity contribution is 0.715. The molecule has 1 N–H and O–H groups in total. The van der Waals surface area contributed by atoms with Crippen LogP contribution in [-0.4, -0.2) is 18.1 Å². The fourth-order valence-corrected chi connectivity index (χ4v) is 1.68. The summed E-state index contributed by atoms with van der Waals surface area (Å²) >= 11 is 1.68. The zero-order valence-corrected chi connectivity index (χ0v) is 9.03. The Labute approximate surface area is 83.7 Å². The highest BCUT2D eigenvalue weighted by atomic mass is 32.1. The molecule has 1 aromatic rings. The van der Waals surface area contributed by atoms with Crippen molar-refractivity contribution in [2.75, 3.05) is 13.1 Å². The van der Waals surface area contributed by atoms with Gasteiger partial charge in [-0.2, -0.15) is 0 Å². The Morgan fingerprint density at radius 3 is 3.15 bits per heavy atom. The summed E-state index contributed by atoms with van der Waals surface area (Å²) in [5.74, 6) is 0. The van der Waals surface area contributed by atoms with Crippen LogP contribution in [0, 0.1) is 0 Å². The quantitative estimate of drug-likeness (QED) is 0.732. The van der Waals surface area contributed by atoms with Crippen molar-refractivity contribution in [2.24, 2.45) is 0 Å². The Kier molecular flexibility index (Phi) is 4.72. The lowest BCUT2D eigenvalue weighted by atomic mass is 10.3. The monoisotopic (exact) mass is 196 g/mol. The number of rotatable bonds is 5. The summed E-state index contributed by atoms with van der Waals surface area (Å²) in [4.78, 5) is 4.20.